The van der Waals surface area contributed by atoms with E-state index in [1.165, 1.54) is 0 Å². The number of hydrogen-bond donors (Lipinski definition) is 1. The molecule has 0 bridgehead atoms. The number of fused-ring (bicyclic) bond motifs is 1. The Kier molecular flexibility index (Phi) is 7.17. The van der Waals surface area contributed by atoms with Crippen LogP contribution in [0.5, 0.6) is 0 Å². The van der Waals surface area contributed by atoms with Gasteiger partial charge in [-0.3, -0.25) is 18.7 Å². The molecule has 0 aliphatic rings. The molecule has 0 saturated carbocycles. The number of aryl methyl sites for hydroxylation is 1. The maximum atomic E-state index is 7.00. The zero-order chi connectivity index (χ0) is 27.5. The Hall–Kier alpha value is -4.67. The van der Waals surface area contributed by atoms with Crippen LogP contribution in [0.3, 0.4) is 0 Å². The zero-order valence-electron chi connectivity index (χ0n) is 21.5. The first-order valence-corrected chi connectivity index (χ1v) is 13.7. The molecule has 6 aromatic rings. The van der Waals surface area contributed by atoms with Crippen LogP contribution in [-0.4, -0.2) is 34.8 Å². The number of para-hydroxylation sites is 3. The van der Waals surface area contributed by atoms with E-state index in [1.807, 2.05) is 115 Å². The summed E-state index contributed by atoms with van der Waals surface area (Å²) in [5.41, 5.74) is 10.6. The molecule has 2 N–H and O–H groups in total. The number of anilines is 1. The van der Waals surface area contributed by atoms with Crippen molar-refractivity contribution in [3.05, 3.63) is 125 Å². The van der Waals surface area contributed by atoms with E-state index in [4.69, 9.17) is 40.1 Å². The summed E-state index contributed by atoms with van der Waals surface area (Å²) < 4.78 is 8.66. The highest BCUT2D eigenvalue weighted by Gasteiger charge is 2.19. The number of nitrogens with two attached hydrogens (primary N) is 1. The molecule has 3 aromatic carbocycles. The van der Waals surface area contributed by atoms with Crippen LogP contribution in [-0.2, 0) is 6.54 Å². The van der Waals surface area contributed by atoms with Crippen molar-refractivity contribution in [3.8, 4) is 17.1 Å². The quantitative estimate of drug-likeness (QED) is 0.195. The minimum atomic E-state index is 0.443. The fraction of sp³-hybridized carbons (Fsp3) is 0.100. The molecule has 0 spiro atoms. The van der Waals surface area contributed by atoms with E-state index in [1.54, 1.807) is 12.5 Å². The van der Waals surface area contributed by atoms with Crippen molar-refractivity contribution in [1.29, 1.82) is 0 Å². The number of imidazole rings is 1. The van der Waals surface area contributed by atoms with Gasteiger partial charge in [0, 0.05) is 36.9 Å². The van der Waals surface area contributed by atoms with Gasteiger partial charge in [-0.15, -0.1) is 0 Å². The van der Waals surface area contributed by atoms with Crippen molar-refractivity contribution < 1.29 is 0 Å². The molecule has 198 valence electrons. The maximum Gasteiger partial charge on any atom is 0.233 e. The molecule has 0 atom stereocenters. The fourth-order valence-electron chi connectivity index (χ4n) is 4.69. The highest BCUT2D eigenvalue weighted by atomic mass is 32.1. The van der Waals surface area contributed by atoms with E-state index in [-0.39, 0.29) is 0 Å². The number of nitrogen functional groups attached to an aromatic ring is 1. The average Bonchev–Trinajstić information content (AvgIpc) is 3.50. The minimum absolute atomic E-state index is 0.443. The summed E-state index contributed by atoms with van der Waals surface area (Å²) in [6.07, 6.45) is 6.33. The smallest absolute Gasteiger partial charge is 0.233 e. The van der Waals surface area contributed by atoms with Gasteiger partial charge < -0.3 is 10.3 Å². The van der Waals surface area contributed by atoms with Gasteiger partial charge in [0.25, 0.3) is 0 Å². The lowest BCUT2D eigenvalue weighted by Gasteiger charge is -2.20. The van der Waals surface area contributed by atoms with Crippen LogP contribution >= 0.6 is 24.4 Å². The molecular weight excluding hydrogens is 537 g/mol. The SMILES string of the molecule is Nc1c2c(=S)n(-c3ccccc3)c(=S)n(-c3ccccc3)c2nc(=NCCCn2ccnc2)n1-c1ccccc1. The second-order valence-corrected chi connectivity index (χ2v) is 9.88. The Bertz CT molecular complexity index is 1960. The minimum Gasteiger partial charge on any atom is -0.384 e. The molecule has 0 aliphatic carbocycles. The first-order valence-electron chi connectivity index (χ1n) is 12.9. The number of hydrogen-bond acceptors (Lipinski definition) is 6. The van der Waals surface area contributed by atoms with Crippen LogP contribution in [0.15, 0.2) is 115 Å². The molecule has 3 heterocycles. The van der Waals surface area contributed by atoms with E-state index in [0.29, 0.717) is 38.4 Å². The molecule has 0 unspecified atom stereocenters. The Morgan fingerprint density at radius 2 is 1.32 bits per heavy atom. The molecule has 10 heteroatoms. The molecular formula is C30H26N8S2. The third kappa shape index (κ3) is 4.78. The van der Waals surface area contributed by atoms with Crippen molar-refractivity contribution in [2.45, 2.75) is 13.0 Å². The molecule has 6 rings (SSSR count). The lowest BCUT2D eigenvalue weighted by molar-refractivity contribution is 0.639. The number of rotatable bonds is 7. The summed E-state index contributed by atoms with van der Waals surface area (Å²) in [4.78, 5) is 14.1. The second-order valence-electron chi connectivity index (χ2n) is 9.13. The second kappa shape index (κ2) is 11.2. The number of nitrogens with zero attached hydrogens (tertiary/aromatic N) is 7. The van der Waals surface area contributed by atoms with Gasteiger partial charge in [0.15, 0.2) is 10.4 Å². The molecule has 0 fully saturated rings. The summed E-state index contributed by atoms with van der Waals surface area (Å²) in [7, 11) is 0. The fourth-order valence-corrected chi connectivity index (χ4v) is 5.53. The largest absolute Gasteiger partial charge is 0.384 e. The monoisotopic (exact) mass is 562 g/mol. The predicted octanol–water partition coefficient (Wildman–Crippen LogP) is 5.84. The Morgan fingerprint density at radius 1 is 0.750 bits per heavy atom. The van der Waals surface area contributed by atoms with Crippen LogP contribution in [0.4, 0.5) is 5.82 Å². The van der Waals surface area contributed by atoms with Crippen LogP contribution in [0.25, 0.3) is 28.1 Å². The Labute approximate surface area is 241 Å². The van der Waals surface area contributed by atoms with E-state index >= 15 is 0 Å². The highest BCUT2D eigenvalue weighted by molar-refractivity contribution is 7.72. The third-order valence-electron chi connectivity index (χ3n) is 6.57. The van der Waals surface area contributed by atoms with Gasteiger partial charge >= 0.3 is 0 Å². The van der Waals surface area contributed by atoms with Crippen molar-refractivity contribution in [2.75, 3.05) is 12.3 Å². The summed E-state index contributed by atoms with van der Waals surface area (Å²) >= 11 is 12.1. The molecule has 0 amide bonds. The van der Waals surface area contributed by atoms with Crippen LogP contribution < -0.4 is 11.4 Å². The van der Waals surface area contributed by atoms with Gasteiger partial charge in [-0.05, 0) is 55.0 Å². The predicted molar refractivity (Wildman–Crippen MR) is 163 cm³/mol. The molecule has 0 saturated heterocycles. The van der Waals surface area contributed by atoms with Crippen LogP contribution in [0.2, 0.25) is 0 Å². The lowest BCUT2D eigenvalue weighted by Crippen LogP contribution is -2.28. The van der Waals surface area contributed by atoms with Crippen LogP contribution in [0, 0.1) is 9.41 Å². The summed E-state index contributed by atoms with van der Waals surface area (Å²) in [6.45, 7) is 1.35. The van der Waals surface area contributed by atoms with Gasteiger partial charge in [0.2, 0.25) is 5.62 Å². The summed E-state index contributed by atoms with van der Waals surface area (Å²) in [6, 6.07) is 29.6. The number of benzene rings is 3. The van der Waals surface area contributed by atoms with E-state index in [2.05, 4.69) is 4.98 Å². The Balaban J connectivity index is 1.67. The van der Waals surface area contributed by atoms with Gasteiger partial charge in [-0.25, -0.2) is 4.98 Å². The zero-order valence-corrected chi connectivity index (χ0v) is 23.2. The van der Waals surface area contributed by atoms with Gasteiger partial charge in [-0.1, -0.05) is 66.8 Å². The van der Waals surface area contributed by atoms with Crippen molar-refractivity contribution in [1.82, 2.24) is 28.2 Å². The normalized spacial score (nSPS) is 11.8. The highest BCUT2D eigenvalue weighted by Crippen LogP contribution is 2.27. The van der Waals surface area contributed by atoms with Gasteiger partial charge in [0.1, 0.15) is 10.5 Å². The van der Waals surface area contributed by atoms with E-state index in [0.717, 1.165) is 30.0 Å². The number of aromatic nitrogens is 6. The molecule has 8 nitrogen and oxygen atoms in total. The van der Waals surface area contributed by atoms with Crippen molar-refractivity contribution >= 4 is 41.3 Å². The van der Waals surface area contributed by atoms with Gasteiger partial charge in [0.05, 0.1) is 17.4 Å². The Morgan fingerprint density at radius 3 is 1.90 bits per heavy atom. The lowest BCUT2D eigenvalue weighted by atomic mass is 10.2. The summed E-state index contributed by atoms with van der Waals surface area (Å²) in [5.74, 6) is 0.443. The van der Waals surface area contributed by atoms with Crippen molar-refractivity contribution in [3.63, 3.8) is 0 Å². The van der Waals surface area contributed by atoms with Crippen LogP contribution in [0.1, 0.15) is 6.42 Å². The molecule has 40 heavy (non-hydrogen) atoms. The first kappa shape index (κ1) is 25.6. The topological polar surface area (TPSA) is 83.9 Å². The molecule has 3 aromatic heterocycles. The first-order chi connectivity index (χ1) is 19.6. The van der Waals surface area contributed by atoms with E-state index < -0.39 is 0 Å². The van der Waals surface area contributed by atoms with Gasteiger partial charge in [-0.2, -0.15) is 4.98 Å². The van der Waals surface area contributed by atoms with E-state index in [9.17, 15) is 0 Å². The molecule has 0 aliphatic heterocycles. The standard InChI is InChI=1S/C30H26N8S2/c31-26-25-27(34-29(36(26)22-11-4-1-5-12-22)33-17-10-19-35-20-18-32-21-35)37(23-13-6-2-7-14-23)30(40)38(28(25)39)24-15-8-3-9-16-24/h1-9,11-16,18,20-21H,10,17,19,31H2. The van der Waals surface area contributed by atoms with Crippen molar-refractivity contribution in [2.24, 2.45) is 4.99 Å². The average molecular weight is 563 g/mol. The molecule has 0 radical (unpaired) electrons. The third-order valence-corrected chi connectivity index (χ3v) is 7.32. The summed E-state index contributed by atoms with van der Waals surface area (Å²) in [5, 5.41) is 0.623. The maximum absolute atomic E-state index is 7.00.